The zero-order valence-electron chi connectivity index (χ0n) is 14.9. The third-order valence-corrected chi connectivity index (χ3v) is 6.36. The Hall–Kier alpha value is -0.890. The van der Waals surface area contributed by atoms with Gasteiger partial charge in [0.2, 0.25) is 0 Å². The van der Waals surface area contributed by atoms with Gasteiger partial charge in [0.1, 0.15) is 0 Å². The van der Waals surface area contributed by atoms with Gasteiger partial charge in [0.05, 0.1) is 5.60 Å². The minimum Gasteiger partial charge on any atom is -0.386 e. The lowest BCUT2D eigenvalue weighted by Crippen LogP contribution is -2.52. The normalized spacial score (nSPS) is 37.0. The van der Waals surface area contributed by atoms with E-state index in [0.29, 0.717) is 18.1 Å². The third kappa shape index (κ3) is 2.95. The molecule has 0 saturated heterocycles. The highest BCUT2D eigenvalue weighted by Gasteiger charge is 2.55. The van der Waals surface area contributed by atoms with Crippen LogP contribution in [0.3, 0.4) is 0 Å². The Labute approximate surface area is 135 Å². The minimum atomic E-state index is -0.822. The fourth-order valence-corrected chi connectivity index (χ4v) is 5.22. The van der Waals surface area contributed by atoms with Crippen LogP contribution in [0.25, 0.3) is 0 Å². The van der Waals surface area contributed by atoms with Crippen LogP contribution in [0.1, 0.15) is 66.7 Å². The van der Waals surface area contributed by atoms with Crippen LogP contribution in [0.4, 0.5) is 0 Å². The van der Waals surface area contributed by atoms with Gasteiger partial charge in [0.25, 0.3) is 0 Å². The van der Waals surface area contributed by atoms with Gasteiger partial charge >= 0.3 is 0 Å². The predicted octanol–water partition coefficient (Wildman–Crippen LogP) is 4.68. The number of carbonyl (C=O) groups is 1. The molecule has 1 saturated carbocycles. The summed E-state index contributed by atoms with van der Waals surface area (Å²) in [6.07, 6.45) is 8.55. The van der Waals surface area contributed by atoms with E-state index in [4.69, 9.17) is 0 Å². The van der Waals surface area contributed by atoms with Gasteiger partial charge < -0.3 is 5.11 Å². The molecule has 2 heteroatoms. The van der Waals surface area contributed by atoms with E-state index in [1.807, 2.05) is 13.0 Å². The molecule has 0 radical (unpaired) electrons. The molecule has 1 unspecified atom stereocenters. The van der Waals surface area contributed by atoms with E-state index >= 15 is 0 Å². The summed E-state index contributed by atoms with van der Waals surface area (Å²) < 4.78 is 0. The van der Waals surface area contributed by atoms with Gasteiger partial charge in [-0.05, 0) is 62.4 Å². The topological polar surface area (TPSA) is 37.3 Å². The smallest absolute Gasteiger partial charge is 0.159 e. The molecule has 0 amide bonds. The van der Waals surface area contributed by atoms with Crippen LogP contribution >= 0.6 is 0 Å². The Morgan fingerprint density at radius 3 is 2.64 bits per heavy atom. The molecule has 0 aromatic rings. The van der Waals surface area contributed by atoms with Crippen LogP contribution in [-0.2, 0) is 4.79 Å². The molecule has 0 heterocycles. The fourth-order valence-electron chi connectivity index (χ4n) is 5.22. The number of ketones is 1. The summed E-state index contributed by atoms with van der Waals surface area (Å²) in [5, 5.41) is 10.3. The number of hydrogen-bond donors (Lipinski definition) is 1. The van der Waals surface area contributed by atoms with E-state index in [1.165, 1.54) is 12.0 Å². The molecule has 0 aromatic carbocycles. The molecule has 0 aliphatic heterocycles. The summed E-state index contributed by atoms with van der Waals surface area (Å²) in [7, 11) is 0. The van der Waals surface area contributed by atoms with Crippen LogP contribution < -0.4 is 0 Å². The van der Waals surface area contributed by atoms with E-state index in [-0.39, 0.29) is 16.7 Å². The first-order valence-corrected chi connectivity index (χ1v) is 8.61. The lowest BCUT2D eigenvalue weighted by atomic mass is 9.47. The Morgan fingerprint density at radius 2 is 2.05 bits per heavy atom. The molecule has 124 valence electrons. The van der Waals surface area contributed by atoms with Crippen molar-refractivity contribution >= 4 is 5.78 Å². The second-order valence-corrected chi connectivity index (χ2v) is 8.72. The van der Waals surface area contributed by atoms with Crippen molar-refractivity contribution in [2.75, 3.05) is 0 Å². The van der Waals surface area contributed by atoms with Crippen molar-refractivity contribution in [3.05, 3.63) is 24.3 Å². The standard InChI is InChI=1S/C20H32O2/c1-7-19(5,22)12-9-15-14(2)13-16(21)17-18(3,4)10-8-11-20(15,17)6/h7,13,15,17,22H,1,8-12H2,2-6H3/t15-,17?,19+,20+/m0/s1. The van der Waals surface area contributed by atoms with Gasteiger partial charge in [-0.2, -0.15) is 0 Å². The maximum absolute atomic E-state index is 12.7. The summed E-state index contributed by atoms with van der Waals surface area (Å²) in [6.45, 7) is 14.4. The molecule has 2 nitrogen and oxygen atoms in total. The van der Waals surface area contributed by atoms with Crippen molar-refractivity contribution in [3.8, 4) is 0 Å². The van der Waals surface area contributed by atoms with Crippen LogP contribution in [0, 0.1) is 22.7 Å². The molecule has 0 bridgehead atoms. The van der Waals surface area contributed by atoms with Crippen molar-refractivity contribution in [1.29, 1.82) is 0 Å². The van der Waals surface area contributed by atoms with Crippen LogP contribution in [0.5, 0.6) is 0 Å². The van der Waals surface area contributed by atoms with Gasteiger partial charge in [-0.25, -0.2) is 0 Å². The summed E-state index contributed by atoms with van der Waals surface area (Å²) in [5.41, 5.74) is 0.467. The molecular formula is C20H32O2. The van der Waals surface area contributed by atoms with E-state index in [2.05, 4.69) is 34.3 Å². The van der Waals surface area contributed by atoms with Crippen molar-refractivity contribution in [2.24, 2.45) is 22.7 Å². The van der Waals surface area contributed by atoms with Crippen molar-refractivity contribution in [1.82, 2.24) is 0 Å². The van der Waals surface area contributed by atoms with Gasteiger partial charge in [-0.15, -0.1) is 6.58 Å². The summed E-state index contributed by atoms with van der Waals surface area (Å²) in [4.78, 5) is 12.7. The van der Waals surface area contributed by atoms with Crippen molar-refractivity contribution < 1.29 is 9.90 Å². The molecule has 1 fully saturated rings. The first-order valence-electron chi connectivity index (χ1n) is 8.61. The Morgan fingerprint density at radius 1 is 1.41 bits per heavy atom. The molecule has 2 aliphatic rings. The molecule has 22 heavy (non-hydrogen) atoms. The average Bonchev–Trinajstić information content (AvgIpc) is 2.36. The number of aliphatic hydroxyl groups is 1. The number of allylic oxidation sites excluding steroid dienone is 2. The Kier molecular flexibility index (Phi) is 4.47. The zero-order chi connectivity index (χ0) is 16.8. The lowest BCUT2D eigenvalue weighted by Gasteiger charge is -2.56. The van der Waals surface area contributed by atoms with Gasteiger partial charge in [0, 0.05) is 5.92 Å². The molecule has 2 rings (SSSR count). The van der Waals surface area contributed by atoms with E-state index in [1.54, 1.807) is 6.08 Å². The summed E-state index contributed by atoms with van der Waals surface area (Å²) in [6, 6.07) is 0. The van der Waals surface area contributed by atoms with Crippen LogP contribution in [0.15, 0.2) is 24.3 Å². The largest absolute Gasteiger partial charge is 0.386 e. The van der Waals surface area contributed by atoms with Crippen LogP contribution in [-0.4, -0.2) is 16.5 Å². The van der Waals surface area contributed by atoms with E-state index < -0.39 is 5.60 Å². The molecule has 4 atom stereocenters. The average molecular weight is 304 g/mol. The first-order chi connectivity index (χ1) is 10.0. The summed E-state index contributed by atoms with van der Waals surface area (Å²) >= 11 is 0. The molecule has 0 aromatic heterocycles. The zero-order valence-corrected chi connectivity index (χ0v) is 14.9. The molecular weight excluding hydrogens is 272 g/mol. The minimum absolute atomic E-state index is 0.0227. The predicted molar refractivity (Wildman–Crippen MR) is 91.5 cm³/mol. The van der Waals surface area contributed by atoms with E-state index in [9.17, 15) is 9.90 Å². The number of rotatable bonds is 4. The van der Waals surface area contributed by atoms with Crippen LogP contribution in [0.2, 0.25) is 0 Å². The van der Waals surface area contributed by atoms with Crippen molar-refractivity contribution in [3.63, 3.8) is 0 Å². The quantitative estimate of drug-likeness (QED) is 0.766. The SMILES string of the molecule is C=C[C@@](C)(O)CC[C@H]1C(C)=CC(=O)C2C(C)(C)CCC[C@@]21C. The maximum atomic E-state index is 12.7. The second-order valence-electron chi connectivity index (χ2n) is 8.72. The maximum Gasteiger partial charge on any atom is 0.159 e. The Balaban J connectivity index is 2.34. The lowest BCUT2D eigenvalue weighted by molar-refractivity contribution is -0.136. The van der Waals surface area contributed by atoms with Gasteiger partial charge in [0.15, 0.2) is 5.78 Å². The van der Waals surface area contributed by atoms with Gasteiger partial charge in [-0.3, -0.25) is 4.79 Å². The fraction of sp³-hybridized carbons (Fsp3) is 0.750. The molecule has 2 aliphatic carbocycles. The van der Waals surface area contributed by atoms with Crippen molar-refractivity contribution in [2.45, 2.75) is 72.3 Å². The number of hydrogen-bond acceptors (Lipinski definition) is 2. The number of fused-ring (bicyclic) bond motifs is 1. The highest BCUT2D eigenvalue weighted by atomic mass is 16.3. The second kappa shape index (κ2) is 5.63. The molecule has 1 N–H and O–H groups in total. The first kappa shape index (κ1) is 17.5. The third-order valence-electron chi connectivity index (χ3n) is 6.36. The highest BCUT2D eigenvalue weighted by molar-refractivity contribution is 5.94. The number of carbonyl (C=O) groups excluding carboxylic acids is 1. The highest BCUT2D eigenvalue weighted by Crippen LogP contribution is 2.59. The van der Waals surface area contributed by atoms with Gasteiger partial charge in [-0.1, -0.05) is 38.8 Å². The van der Waals surface area contributed by atoms with E-state index in [0.717, 1.165) is 19.3 Å². The summed E-state index contributed by atoms with van der Waals surface area (Å²) in [5.74, 6) is 0.800. The molecule has 0 spiro atoms. The monoisotopic (exact) mass is 304 g/mol. The Bertz CT molecular complexity index is 498.